The van der Waals surface area contributed by atoms with Crippen molar-refractivity contribution in [3.63, 3.8) is 0 Å². The molecule has 2 heterocycles. The van der Waals surface area contributed by atoms with Crippen LogP contribution in [0.3, 0.4) is 0 Å². The third kappa shape index (κ3) is 9.37. The minimum atomic E-state index is 0. The van der Waals surface area contributed by atoms with Gasteiger partial charge < -0.3 is 15.6 Å². The van der Waals surface area contributed by atoms with Crippen LogP contribution in [0.2, 0.25) is 0 Å². The molecule has 0 unspecified atom stereocenters. The van der Waals surface area contributed by atoms with Crippen molar-refractivity contribution in [3.05, 3.63) is 182 Å². The summed E-state index contributed by atoms with van der Waals surface area (Å²) in [5.41, 5.74) is 10.2. The van der Waals surface area contributed by atoms with Crippen LogP contribution < -0.4 is 0 Å². The second kappa shape index (κ2) is 18.4. The Morgan fingerprint density at radius 1 is 0.596 bits per heavy atom. The average Bonchev–Trinajstić information content (AvgIpc) is 3.56. The van der Waals surface area contributed by atoms with Gasteiger partial charge in [-0.25, -0.2) is 6.07 Å². The van der Waals surface area contributed by atoms with Gasteiger partial charge in [-0.1, -0.05) is 92.6 Å². The van der Waals surface area contributed by atoms with Gasteiger partial charge in [0.1, 0.15) is 0 Å². The zero-order chi connectivity index (χ0) is 33.6. The van der Waals surface area contributed by atoms with Crippen LogP contribution in [-0.2, 0) is 58.2 Å². The molecule has 6 aromatic carbocycles. The van der Waals surface area contributed by atoms with E-state index in [1.54, 1.807) is 0 Å². The van der Waals surface area contributed by atoms with Gasteiger partial charge in [-0.2, -0.15) is 5.56 Å². The molecule has 0 bridgehead atoms. The molecule has 0 aliphatic rings. The molecule has 0 N–H and O–H groups in total. The first-order valence-electron chi connectivity index (χ1n) is 16.3. The van der Waals surface area contributed by atoms with Crippen molar-refractivity contribution in [2.24, 2.45) is 0 Å². The average molecular weight is 923 g/mol. The topological polar surface area (TPSA) is 43.6 Å². The molecular formula is C45H34BIrN4Y-4. The maximum Gasteiger partial charge on any atom is 0.0751 e. The Bertz CT molecular complexity index is 2310. The fourth-order valence-electron chi connectivity index (χ4n) is 5.57. The summed E-state index contributed by atoms with van der Waals surface area (Å²) in [7, 11) is 0. The van der Waals surface area contributed by atoms with E-state index in [4.69, 9.17) is 4.98 Å². The van der Waals surface area contributed by atoms with E-state index in [2.05, 4.69) is 114 Å². The first kappa shape index (κ1) is 40.5. The van der Waals surface area contributed by atoms with Gasteiger partial charge in [-0.15, -0.1) is 60.2 Å². The van der Waals surface area contributed by atoms with E-state index in [-0.39, 0.29) is 66.6 Å². The molecule has 0 aliphatic carbocycles. The molecule has 253 valence electrons. The minimum absolute atomic E-state index is 0. The number of fused-ring (bicyclic) bond motifs is 1. The Labute approximate surface area is 347 Å². The van der Waals surface area contributed by atoms with E-state index in [9.17, 15) is 0 Å². The van der Waals surface area contributed by atoms with Crippen LogP contribution in [-0.4, -0.2) is 27.9 Å². The van der Waals surface area contributed by atoms with Gasteiger partial charge in [-0.3, -0.25) is 33.2 Å². The van der Waals surface area contributed by atoms with Crippen LogP contribution in [0.4, 0.5) is 0 Å². The molecule has 7 heteroatoms. The Morgan fingerprint density at radius 3 is 2.00 bits per heavy atom. The predicted molar refractivity (Wildman–Crippen MR) is 205 cm³/mol. The summed E-state index contributed by atoms with van der Waals surface area (Å²) >= 11 is 0. The van der Waals surface area contributed by atoms with Crippen LogP contribution in [0, 0.1) is 24.3 Å². The predicted octanol–water partition coefficient (Wildman–Crippen LogP) is 10.3. The molecule has 0 saturated carbocycles. The van der Waals surface area contributed by atoms with E-state index in [0.717, 1.165) is 61.9 Å². The molecular weight excluding hydrogens is 888 g/mol. The molecule has 0 aliphatic heterocycles. The van der Waals surface area contributed by atoms with Gasteiger partial charge in [0.2, 0.25) is 0 Å². The van der Waals surface area contributed by atoms with Crippen LogP contribution in [0.25, 0.3) is 61.8 Å². The number of aromatic nitrogens is 4. The van der Waals surface area contributed by atoms with Crippen LogP contribution in [0.1, 0.15) is 26.5 Å². The van der Waals surface area contributed by atoms with Crippen molar-refractivity contribution in [1.29, 1.82) is 0 Å². The molecule has 8 aromatic rings. The summed E-state index contributed by atoms with van der Waals surface area (Å²) in [6.45, 7) is 6.44. The van der Waals surface area contributed by atoms with Gasteiger partial charge in [0, 0.05) is 84.2 Å². The maximum atomic E-state index is 4.94. The van der Waals surface area contributed by atoms with Crippen molar-refractivity contribution in [2.45, 2.75) is 26.2 Å². The summed E-state index contributed by atoms with van der Waals surface area (Å²) in [5.74, 6) is 1.57. The molecule has 0 saturated heterocycles. The Hall–Kier alpha value is -4.31. The first-order chi connectivity index (χ1) is 23.9. The van der Waals surface area contributed by atoms with Crippen LogP contribution in [0.15, 0.2) is 152 Å². The number of hydrogen-bond acceptors (Lipinski definition) is 3. The number of hydrogen-bond donors (Lipinski definition) is 0. The SMILES string of the molecule is CC(C)(C)c1ccnc(-c2[c-]cccc2)n1.[B].[Ir].[Y].[c-]1ccc(-c2[c-]cc(-c3ccccc3)cc2)[c-]c1-c1nc2ccccc2n1-c1ccccc1. The van der Waals surface area contributed by atoms with E-state index < -0.39 is 0 Å². The van der Waals surface area contributed by atoms with Gasteiger partial charge in [0.15, 0.2) is 0 Å². The smallest absolute Gasteiger partial charge is 0.0751 e. The number of nitrogens with zero attached hydrogens (tertiary/aromatic N) is 4. The largest absolute Gasteiger partial charge is 0.374 e. The standard InChI is InChI=1S/C31H19N2.C14H15N2.B.Ir.Y/c1-3-10-23(11-4-1)24-18-20-25(21-19-24)26-12-9-13-27(22-26)31-32-29-16-7-8-17-30(29)33(31)28-14-5-2-6-15-28;1-14(2,3)12-9-10-15-13(16-12)11-7-5-4-6-8-11;;;/h1-12,14-20H;4-7,9-10H,1-3H3;;;/q-3;-1;;;. The number of para-hydroxylation sites is 3. The number of benzene rings is 6. The van der Waals surface area contributed by atoms with Gasteiger partial charge >= 0.3 is 0 Å². The summed E-state index contributed by atoms with van der Waals surface area (Å²) < 4.78 is 2.17. The number of rotatable bonds is 5. The van der Waals surface area contributed by atoms with E-state index >= 15 is 0 Å². The molecule has 5 radical (unpaired) electrons. The quantitative estimate of drug-likeness (QED) is 0.128. The summed E-state index contributed by atoms with van der Waals surface area (Å²) in [5, 5.41) is 0. The summed E-state index contributed by atoms with van der Waals surface area (Å²) in [6.07, 6.45) is 1.81. The normalized spacial score (nSPS) is 10.5. The molecule has 8 rings (SSSR count). The fraction of sp³-hybridized carbons (Fsp3) is 0.0889. The number of imidazole rings is 1. The van der Waals surface area contributed by atoms with Crippen LogP contribution >= 0.6 is 0 Å². The van der Waals surface area contributed by atoms with Crippen molar-refractivity contribution in [2.75, 3.05) is 0 Å². The first-order valence-corrected chi connectivity index (χ1v) is 16.3. The third-order valence-electron chi connectivity index (χ3n) is 8.12. The van der Waals surface area contributed by atoms with Gasteiger partial charge in [0.05, 0.1) is 16.9 Å². The molecule has 52 heavy (non-hydrogen) atoms. The Kier molecular flexibility index (Phi) is 14.4. The molecule has 0 spiro atoms. The summed E-state index contributed by atoms with van der Waals surface area (Å²) in [4.78, 5) is 13.8. The Balaban J connectivity index is 0.000000272. The third-order valence-corrected chi connectivity index (χ3v) is 8.12. The monoisotopic (exact) mass is 923 g/mol. The van der Waals surface area contributed by atoms with Crippen molar-refractivity contribution >= 4 is 19.4 Å². The molecule has 0 fully saturated rings. The van der Waals surface area contributed by atoms with Crippen molar-refractivity contribution < 1.29 is 52.8 Å². The second-order valence-electron chi connectivity index (χ2n) is 12.6. The van der Waals surface area contributed by atoms with Gasteiger partial charge in [0.25, 0.3) is 0 Å². The van der Waals surface area contributed by atoms with Crippen molar-refractivity contribution in [3.8, 4) is 50.7 Å². The molecule has 4 nitrogen and oxygen atoms in total. The van der Waals surface area contributed by atoms with Crippen LogP contribution in [0.5, 0.6) is 0 Å². The van der Waals surface area contributed by atoms with Crippen molar-refractivity contribution in [1.82, 2.24) is 19.5 Å². The van der Waals surface area contributed by atoms with E-state index in [1.165, 1.54) is 5.56 Å². The minimum Gasteiger partial charge on any atom is -0.374 e. The van der Waals surface area contributed by atoms with Gasteiger partial charge in [-0.05, 0) is 36.2 Å². The fourth-order valence-corrected chi connectivity index (χ4v) is 5.57. The molecule has 2 aromatic heterocycles. The zero-order valence-corrected chi connectivity index (χ0v) is 34.4. The summed E-state index contributed by atoms with van der Waals surface area (Å²) in [6, 6.07) is 62.2. The zero-order valence-electron chi connectivity index (χ0n) is 29.2. The van der Waals surface area contributed by atoms with E-state index in [0.29, 0.717) is 0 Å². The molecule has 0 atom stereocenters. The Morgan fingerprint density at radius 2 is 1.31 bits per heavy atom. The maximum absolute atomic E-state index is 4.94. The second-order valence-corrected chi connectivity index (χ2v) is 12.6. The molecule has 0 amide bonds. The van der Waals surface area contributed by atoms with E-state index in [1.807, 2.05) is 97.2 Å².